The van der Waals surface area contributed by atoms with Crippen molar-refractivity contribution in [2.75, 3.05) is 5.32 Å². The van der Waals surface area contributed by atoms with Crippen LogP contribution in [-0.4, -0.2) is 23.1 Å². The quantitative estimate of drug-likeness (QED) is 0.775. The minimum absolute atomic E-state index is 0.0228. The van der Waals surface area contributed by atoms with Crippen LogP contribution in [0.1, 0.15) is 17.3 Å². The molecule has 0 aliphatic rings. The summed E-state index contributed by atoms with van der Waals surface area (Å²) < 4.78 is 5.50. The van der Waals surface area contributed by atoms with Crippen LogP contribution >= 0.6 is 34.8 Å². The second kappa shape index (κ2) is 7.75. The van der Waals surface area contributed by atoms with E-state index in [4.69, 9.17) is 44.6 Å². The number of halogens is 3. The lowest BCUT2D eigenvalue weighted by Gasteiger charge is -2.16. The van der Waals surface area contributed by atoms with E-state index < -0.39 is 18.0 Å². The van der Waals surface area contributed by atoms with Gasteiger partial charge in [-0.1, -0.05) is 34.8 Å². The van der Waals surface area contributed by atoms with E-state index in [0.717, 1.165) is 0 Å². The number of carbonyl (C=O) groups is 2. The smallest absolute Gasteiger partial charge is 0.337 e. The SMILES string of the molecule is CC(Oc1ccc(Cl)cc1Cl)C(=O)Nc1ccc(C(=O)O)c(Cl)c1. The number of carbonyl (C=O) groups excluding carboxylic acids is 1. The van der Waals surface area contributed by atoms with Gasteiger partial charge in [-0.15, -0.1) is 0 Å². The van der Waals surface area contributed by atoms with Crippen molar-refractivity contribution in [3.05, 3.63) is 57.0 Å². The molecule has 2 N–H and O–H groups in total. The van der Waals surface area contributed by atoms with E-state index in [1.165, 1.54) is 24.3 Å². The Hall–Kier alpha value is -1.95. The van der Waals surface area contributed by atoms with Gasteiger partial charge in [0.1, 0.15) is 5.75 Å². The number of hydrogen-bond acceptors (Lipinski definition) is 3. The molecule has 1 unspecified atom stereocenters. The van der Waals surface area contributed by atoms with Crippen molar-refractivity contribution in [3.63, 3.8) is 0 Å². The van der Waals surface area contributed by atoms with Crippen LogP contribution in [0.5, 0.6) is 5.75 Å². The van der Waals surface area contributed by atoms with Gasteiger partial charge in [0.25, 0.3) is 5.91 Å². The minimum Gasteiger partial charge on any atom is -0.479 e. The molecule has 126 valence electrons. The number of aromatic carboxylic acids is 1. The average Bonchev–Trinajstić information content (AvgIpc) is 2.49. The molecule has 0 saturated carbocycles. The van der Waals surface area contributed by atoms with Gasteiger partial charge < -0.3 is 15.2 Å². The first-order chi connectivity index (χ1) is 11.3. The second-order valence-electron chi connectivity index (χ2n) is 4.82. The molecule has 2 rings (SSSR count). The monoisotopic (exact) mass is 387 g/mol. The summed E-state index contributed by atoms with van der Waals surface area (Å²) in [5, 5.41) is 12.3. The zero-order chi connectivity index (χ0) is 17.9. The summed E-state index contributed by atoms with van der Waals surface area (Å²) in [6, 6.07) is 8.76. The number of anilines is 1. The highest BCUT2D eigenvalue weighted by atomic mass is 35.5. The number of carboxylic acid groups (broad SMARTS) is 1. The lowest BCUT2D eigenvalue weighted by molar-refractivity contribution is -0.122. The first-order valence-corrected chi connectivity index (χ1v) is 7.86. The molecule has 24 heavy (non-hydrogen) atoms. The Morgan fingerprint density at radius 3 is 2.38 bits per heavy atom. The average molecular weight is 389 g/mol. The number of rotatable bonds is 5. The van der Waals surface area contributed by atoms with Crippen molar-refractivity contribution in [3.8, 4) is 5.75 Å². The second-order valence-corrected chi connectivity index (χ2v) is 6.07. The fraction of sp³-hybridized carbons (Fsp3) is 0.125. The predicted molar refractivity (Wildman–Crippen MR) is 93.6 cm³/mol. The van der Waals surface area contributed by atoms with Crippen LogP contribution in [0, 0.1) is 0 Å². The summed E-state index contributed by atoms with van der Waals surface area (Å²) in [7, 11) is 0. The van der Waals surface area contributed by atoms with Gasteiger partial charge in [0, 0.05) is 10.7 Å². The summed E-state index contributed by atoms with van der Waals surface area (Å²) in [6.07, 6.45) is -0.846. The van der Waals surface area contributed by atoms with E-state index in [0.29, 0.717) is 16.5 Å². The van der Waals surface area contributed by atoms with E-state index in [1.807, 2.05) is 0 Å². The topological polar surface area (TPSA) is 75.6 Å². The molecule has 0 aliphatic heterocycles. The number of nitrogens with one attached hydrogen (secondary N) is 1. The molecule has 5 nitrogen and oxygen atoms in total. The third-order valence-electron chi connectivity index (χ3n) is 3.03. The first-order valence-electron chi connectivity index (χ1n) is 6.73. The lowest BCUT2D eigenvalue weighted by Crippen LogP contribution is -2.30. The molecule has 2 aromatic rings. The van der Waals surface area contributed by atoms with Gasteiger partial charge in [0.2, 0.25) is 0 Å². The molecule has 0 aromatic heterocycles. The Kier molecular flexibility index (Phi) is 5.94. The van der Waals surface area contributed by atoms with Crippen molar-refractivity contribution < 1.29 is 19.4 Å². The van der Waals surface area contributed by atoms with Gasteiger partial charge in [-0.25, -0.2) is 4.79 Å². The van der Waals surface area contributed by atoms with Gasteiger partial charge >= 0.3 is 5.97 Å². The van der Waals surface area contributed by atoms with Crippen LogP contribution in [0.3, 0.4) is 0 Å². The molecule has 0 saturated heterocycles. The van der Waals surface area contributed by atoms with Gasteiger partial charge in [0.05, 0.1) is 15.6 Å². The first kappa shape index (κ1) is 18.4. The Balaban J connectivity index is 2.06. The van der Waals surface area contributed by atoms with Gasteiger partial charge in [-0.3, -0.25) is 4.79 Å². The molecule has 1 amide bonds. The maximum absolute atomic E-state index is 12.2. The molecule has 0 heterocycles. The summed E-state index contributed by atoms with van der Waals surface area (Å²) in [5.74, 6) is -1.27. The fourth-order valence-corrected chi connectivity index (χ4v) is 2.54. The highest BCUT2D eigenvalue weighted by Gasteiger charge is 2.17. The van der Waals surface area contributed by atoms with Crippen molar-refractivity contribution >= 4 is 52.4 Å². The summed E-state index contributed by atoms with van der Waals surface area (Å²) >= 11 is 17.7. The van der Waals surface area contributed by atoms with Gasteiger partial charge in [-0.05, 0) is 43.3 Å². The molecule has 0 aliphatic carbocycles. The Bertz CT molecular complexity index is 795. The summed E-state index contributed by atoms with van der Waals surface area (Å²) in [6.45, 7) is 1.55. The van der Waals surface area contributed by atoms with Crippen molar-refractivity contribution in [1.29, 1.82) is 0 Å². The zero-order valence-electron chi connectivity index (χ0n) is 12.3. The summed E-state index contributed by atoms with van der Waals surface area (Å²) in [4.78, 5) is 23.1. The Morgan fingerprint density at radius 2 is 1.79 bits per heavy atom. The van der Waals surface area contributed by atoms with Crippen molar-refractivity contribution in [1.82, 2.24) is 0 Å². The molecule has 0 radical (unpaired) electrons. The number of amides is 1. The van der Waals surface area contributed by atoms with E-state index in [2.05, 4.69) is 5.32 Å². The summed E-state index contributed by atoms with van der Waals surface area (Å²) in [5.41, 5.74) is 0.305. The minimum atomic E-state index is -1.15. The van der Waals surface area contributed by atoms with E-state index in [-0.39, 0.29) is 15.6 Å². The van der Waals surface area contributed by atoms with Gasteiger partial charge in [0.15, 0.2) is 6.10 Å². The standard InChI is InChI=1S/C16H12Cl3NO4/c1-8(24-14-5-2-9(17)6-13(14)19)15(21)20-10-3-4-11(16(22)23)12(18)7-10/h2-8H,1H3,(H,20,21)(H,22,23). The largest absolute Gasteiger partial charge is 0.479 e. The molecule has 0 spiro atoms. The molecular formula is C16H12Cl3NO4. The van der Waals surface area contributed by atoms with Crippen LogP contribution < -0.4 is 10.1 Å². The van der Waals surface area contributed by atoms with E-state index in [1.54, 1.807) is 19.1 Å². The Morgan fingerprint density at radius 1 is 1.08 bits per heavy atom. The zero-order valence-corrected chi connectivity index (χ0v) is 14.6. The maximum atomic E-state index is 12.2. The van der Waals surface area contributed by atoms with Crippen LogP contribution in [0.15, 0.2) is 36.4 Å². The third kappa shape index (κ3) is 4.54. The number of hydrogen-bond donors (Lipinski definition) is 2. The number of carboxylic acids is 1. The molecule has 1 atom stereocenters. The molecule has 8 heteroatoms. The Labute approximate surface area is 153 Å². The van der Waals surface area contributed by atoms with Crippen molar-refractivity contribution in [2.45, 2.75) is 13.0 Å². The van der Waals surface area contributed by atoms with E-state index in [9.17, 15) is 9.59 Å². The van der Waals surface area contributed by atoms with Crippen LogP contribution in [0.25, 0.3) is 0 Å². The molecule has 0 bridgehead atoms. The van der Waals surface area contributed by atoms with Crippen LogP contribution in [-0.2, 0) is 4.79 Å². The van der Waals surface area contributed by atoms with Crippen LogP contribution in [0.4, 0.5) is 5.69 Å². The predicted octanol–water partition coefficient (Wildman–Crippen LogP) is 4.75. The normalized spacial score (nSPS) is 11.7. The third-order valence-corrected chi connectivity index (χ3v) is 3.88. The number of benzene rings is 2. The highest BCUT2D eigenvalue weighted by molar-refractivity contribution is 6.35. The highest BCUT2D eigenvalue weighted by Crippen LogP contribution is 2.28. The lowest BCUT2D eigenvalue weighted by atomic mass is 10.2. The molecular weight excluding hydrogens is 377 g/mol. The molecule has 2 aromatic carbocycles. The van der Waals surface area contributed by atoms with Crippen molar-refractivity contribution in [2.24, 2.45) is 0 Å². The fourth-order valence-electron chi connectivity index (χ4n) is 1.82. The van der Waals surface area contributed by atoms with Gasteiger partial charge in [-0.2, -0.15) is 0 Å². The van der Waals surface area contributed by atoms with E-state index >= 15 is 0 Å². The number of ether oxygens (including phenoxy) is 1. The maximum Gasteiger partial charge on any atom is 0.337 e. The van der Waals surface area contributed by atoms with Crippen LogP contribution in [0.2, 0.25) is 15.1 Å². The molecule has 0 fully saturated rings.